The third kappa shape index (κ3) is 8.28. The number of nitrogens with one attached hydrogen (secondary N) is 1. The predicted octanol–water partition coefficient (Wildman–Crippen LogP) is 4.35. The largest absolute Gasteiger partial charge is 0.492 e. The minimum atomic E-state index is -3.37. The molecule has 0 saturated heterocycles. The molecule has 0 amide bonds. The molecule has 2 unspecified atom stereocenters. The Labute approximate surface area is 212 Å². The van der Waals surface area contributed by atoms with Crippen LogP contribution in [-0.4, -0.2) is 46.6 Å². The van der Waals surface area contributed by atoms with Gasteiger partial charge in [-0.3, -0.25) is 0 Å². The van der Waals surface area contributed by atoms with Gasteiger partial charge in [0, 0.05) is 25.1 Å². The normalized spacial score (nSPS) is 17.8. The van der Waals surface area contributed by atoms with Crippen molar-refractivity contribution in [2.75, 3.05) is 32.1 Å². The average molecular weight is 538 g/mol. The Morgan fingerprint density at radius 1 is 1.12 bits per heavy atom. The van der Waals surface area contributed by atoms with Crippen LogP contribution in [0.15, 0.2) is 36.4 Å². The van der Waals surface area contributed by atoms with Crippen molar-refractivity contribution in [1.82, 2.24) is 4.72 Å². The van der Waals surface area contributed by atoms with Crippen LogP contribution in [0.2, 0.25) is 10.0 Å². The number of halogens is 3. The highest BCUT2D eigenvalue weighted by Gasteiger charge is 2.28. The Kier molecular flexibility index (Phi) is 11.2. The zero-order valence-corrected chi connectivity index (χ0v) is 21.7. The molecule has 0 aromatic heterocycles. The van der Waals surface area contributed by atoms with E-state index in [4.69, 9.17) is 38.4 Å². The molecular formula is C23H31Cl3N2O4S. The summed E-state index contributed by atoms with van der Waals surface area (Å²) in [6, 6.07) is 11.7. The fourth-order valence-corrected chi connectivity index (χ4v) is 5.12. The first-order valence-corrected chi connectivity index (χ1v) is 13.2. The number of hydrogen-bond donors (Lipinski definition) is 2. The van der Waals surface area contributed by atoms with Crippen LogP contribution in [0.1, 0.15) is 36.0 Å². The monoisotopic (exact) mass is 536 g/mol. The molecule has 184 valence electrons. The fraction of sp³-hybridized carbons (Fsp3) is 0.478. The number of hydrogen-bond acceptors (Lipinski definition) is 5. The Bertz CT molecular complexity index is 1020. The molecule has 0 aliphatic heterocycles. The highest BCUT2D eigenvalue weighted by molar-refractivity contribution is 7.89. The van der Waals surface area contributed by atoms with Crippen LogP contribution in [0.4, 0.5) is 0 Å². The number of sulfonamides is 1. The maximum atomic E-state index is 11.9. The molecule has 33 heavy (non-hydrogen) atoms. The zero-order chi connectivity index (χ0) is 23.1. The molecule has 0 saturated carbocycles. The Morgan fingerprint density at radius 3 is 2.64 bits per heavy atom. The van der Waals surface area contributed by atoms with Crippen molar-refractivity contribution >= 4 is 45.6 Å². The third-order valence-electron chi connectivity index (χ3n) is 5.61. The van der Waals surface area contributed by atoms with Crippen molar-refractivity contribution in [3.63, 3.8) is 0 Å². The first-order valence-electron chi connectivity index (χ1n) is 10.8. The van der Waals surface area contributed by atoms with Crippen molar-refractivity contribution in [3.8, 4) is 5.75 Å². The fourth-order valence-electron chi connectivity index (χ4n) is 3.92. The highest BCUT2D eigenvalue weighted by Crippen LogP contribution is 2.36. The molecule has 0 radical (unpaired) electrons. The molecular weight excluding hydrogens is 507 g/mol. The Morgan fingerprint density at radius 2 is 1.91 bits per heavy atom. The molecule has 0 spiro atoms. The van der Waals surface area contributed by atoms with E-state index in [0.717, 1.165) is 24.8 Å². The maximum Gasteiger partial charge on any atom is 0.213 e. The van der Waals surface area contributed by atoms with E-state index in [1.807, 2.05) is 37.3 Å². The summed E-state index contributed by atoms with van der Waals surface area (Å²) < 4.78 is 37.3. The first-order chi connectivity index (χ1) is 15.3. The smallest absolute Gasteiger partial charge is 0.213 e. The number of fused-ring (bicyclic) bond motifs is 1. The molecule has 6 nitrogen and oxygen atoms in total. The van der Waals surface area contributed by atoms with Crippen molar-refractivity contribution in [1.29, 1.82) is 0 Å². The quantitative estimate of drug-likeness (QED) is 0.416. The van der Waals surface area contributed by atoms with E-state index in [1.165, 1.54) is 11.1 Å². The van der Waals surface area contributed by atoms with Gasteiger partial charge in [-0.05, 0) is 67.1 Å². The summed E-state index contributed by atoms with van der Waals surface area (Å²) in [6.07, 6.45) is 2.60. The standard InChI is InChI=1S/C23H30Cl2N2O4S.ClH/c1-2-30-11-12-32(28,29)27-9-10-31-18-6-4-17-5-8-23(26)20(19(17)15-18)13-16-3-7-21(24)22(25)14-16;/h3-4,6-7,14-15,20,23,27H,2,5,8-13,26H2,1H3;1H. The second kappa shape index (κ2) is 13.1. The highest BCUT2D eigenvalue weighted by atomic mass is 35.5. The minimum absolute atomic E-state index is 0. The Hall–Kier alpha value is -1.06. The van der Waals surface area contributed by atoms with Gasteiger partial charge in [0.2, 0.25) is 10.0 Å². The van der Waals surface area contributed by atoms with Crippen LogP contribution in [0.3, 0.4) is 0 Å². The molecule has 2 aromatic carbocycles. The van der Waals surface area contributed by atoms with E-state index in [2.05, 4.69) is 10.8 Å². The summed E-state index contributed by atoms with van der Waals surface area (Å²) in [5, 5.41) is 1.07. The molecule has 1 aliphatic rings. The third-order valence-corrected chi connectivity index (χ3v) is 7.70. The molecule has 2 atom stereocenters. The Balaban J connectivity index is 0.00000385. The SMILES string of the molecule is CCOCCS(=O)(=O)NCCOc1ccc2c(c1)C(Cc1ccc(Cl)c(Cl)c1)C(N)CC2.Cl. The lowest BCUT2D eigenvalue weighted by atomic mass is 9.76. The van der Waals surface area contributed by atoms with Gasteiger partial charge in [-0.1, -0.05) is 35.3 Å². The van der Waals surface area contributed by atoms with Crippen molar-refractivity contribution in [3.05, 3.63) is 63.1 Å². The minimum Gasteiger partial charge on any atom is -0.492 e. The second-order valence-corrected chi connectivity index (χ2v) is 10.6. The van der Waals surface area contributed by atoms with Gasteiger partial charge in [0.1, 0.15) is 12.4 Å². The van der Waals surface area contributed by atoms with Gasteiger partial charge in [0.05, 0.1) is 22.4 Å². The van der Waals surface area contributed by atoms with E-state index in [9.17, 15) is 8.42 Å². The lowest BCUT2D eigenvalue weighted by Gasteiger charge is -2.32. The van der Waals surface area contributed by atoms with Crippen LogP contribution in [-0.2, 0) is 27.6 Å². The van der Waals surface area contributed by atoms with Gasteiger partial charge >= 0.3 is 0 Å². The number of nitrogens with two attached hydrogens (primary N) is 1. The van der Waals surface area contributed by atoms with Gasteiger partial charge in [-0.2, -0.15) is 0 Å². The molecule has 2 aromatic rings. The lowest BCUT2D eigenvalue weighted by molar-refractivity contribution is 0.163. The van der Waals surface area contributed by atoms with Crippen LogP contribution in [0.25, 0.3) is 0 Å². The van der Waals surface area contributed by atoms with E-state index < -0.39 is 10.0 Å². The maximum absolute atomic E-state index is 11.9. The van der Waals surface area contributed by atoms with Gasteiger partial charge in [-0.25, -0.2) is 13.1 Å². The number of rotatable bonds is 11. The van der Waals surface area contributed by atoms with E-state index in [0.29, 0.717) is 22.4 Å². The zero-order valence-electron chi connectivity index (χ0n) is 18.6. The molecule has 0 bridgehead atoms. The van der Waals surface area contributed by atoms with Crippen LogP contribution < -0.4 is 15.2 Å². The van der Waals surface area contributed by atoms with Crippen molar-refractivity contribution in [2.45, 2.75) is 38.1 Å². The average Bonchev–Trinajstić information content (AvgIpc) is 2.76. The van der Waals surface area contributed by atoms with Crippen molar-refractivity contribution < 1.29 is 17.9 Å². The second-order valence-electron chi connectivity index (χ2n) is 7.88. The molecule has 3 rings (SSSR count). The van der Waals surface area contributed by atoms with Crippen LogP contribution in [0.5, 0.6) is 5.75 Å². The molecule has 0 heterocycles. The van der Waals surface area contributed by atoms with Crippen molar-refractivity contribution in [2.24, 2.45) is 5.73 Å². The molecule has 0 fully saturated rings. The van der Waals surface area contributed by atoms with Gasteiger partial charge in [0.15, 0.2) is 0 Å². The van der Waals surface area contributed by atoms with Gasteiger partial charge < -0.3 is 15.2 Å². The number of benzene rings is 2. The summed E-state index contributed by atoms with van der Waals surface area (Å²) in [6.45, 7) is 2.92. The van der Waals surface area contributed by atoms with E-state index in [-0.39, 0.29) is 49.9 Å². The summed E-state index contributed by atoms with van der Waals surface area (Å²) in [5.74, 6) is 0.774. The summed E-state index contributed by atoms with van der Waals surface area (Å²) in [4.78, 5) is 0. The summed E-state index contributed by atoms with van der Waals surface area (Å²) in [7, 11) is -3.37. The molecule has 10 heteroatoms. The number of aryl methyl sites for hydroxylation is 1. The molecule has 1 aliphatic carbocycles. The lowest BCUT2D eigenvalue weighted by Crippen LogP contribution is -2.34. The predicted molar refractivity (Wildman–Crippen MR) is 137 cm³/mol. The van der Waals surface area contributed by atoms with Crippen LogP contribution >= 0.6 is 35.6 Å². The topological polar surface area (TPSA) is 90.7 Å². The summed E-state index contributed by atoms with van der Waals surface area (Å²) in [5.41, 5.74) is 10.0. The van der Waals surface area contributed by atoms with E-state index >= 15 is 0 Å². The van der Waals surface area contributed by atoms with Crippen LogP contribution in [0, 0.1) is 0 Å². The van der Waals surface area contributed by atoms with Gasteiger partial charge in [-0.15, -0.1) is 12.4 Å². The first kappa shape index (κ1) is 28.2. The molecule has 3 N–H and O–H groups in total. The summed E-state index contributed by atoms with van der Waals surface area (Å²) >= 11 is 12.2. The van der Waals surface area contributed by atoms with Gasteiger partial charge in [0.25, 0.3) is 0 Å². The van der Waals surface area contributed by atoms with E-state index in [1.54, 1.807) is 0 Å². The number of ether oxygens (including phenoxy) is 2.